The van der Waals surface area contributed by atoms with Gasteiger partial charge in [-0.1, -0.05) is 34.1 Å². The van der Waals surface area contributed by atoms with Gasteiger partial charge < -0.3 is 5.32 Å². The van der Waals surface area contributed by atoms with E-state index in [1.54, 1.807) is 0 Å². The van der Waals surface area contributed by atoms with Crippen LogP contribution in [0.1, 0.15) is 66.2 Å². The van der Waals surface area contributed by atoms with Gasteiger partial charge in [-0.15, -0.1) is 0 Å². The standard InChI is InChI=1S/C14H29N/c1-5-11-15-13-9-7-12(8-10-13)14(3,4)6-2/h12-13,15H,5-11H2,1-4H3. The average molecular weight is 211 g/mol. The zero-order valence-corrected chi connectivity index (χ0v) is 11.1. The molecular formula is C14H29N. The van der Waals surface area contributed by atoms with E-state index in [9.17, 15) is 0 Å². The Hall–Kier alpha value is -0.0400. The average Bonchev–Trinajstić information content (AvgIpc) is 2.27. The van der Waals surface area contributed by atoms with Crippen LogP contribution in [-0.2, 0) is 0 Å². The minimum atomic E-state index is 0.565. The van der Waals surface area contributed by atoms with E-state index in [0.29, 0.717) is 5.41 Å². The van der Waals surface area contributed by atoms with Gasteiger partial charge in [0.2, 0.25) is 0 Å². The molecule has 1 heteroatoms. The molecule has 1 nitrogen and oxygen atoms in total. The van der Waals surface area contributed by atoms with Crippen molar-refractivity contribution in [3.05, 3.63) is 0 Å². The number of hydrogen-bond acceptors (Lipinski definition) is 1. The van der Waals surface area contributed by atoms with Gasteiger partial charge in [0, 0.05) is 6.04 Å². The Balaban J connectivity index is 2.29. The molecule has 0 radical (unpaired) electrons. The second kappa shape index (κ2) is 5.89. The van der Waals surface area contributed by atoms with Crippen LogP contribution in [-0.4, -0.2) is 12.6 Å². The van der Waals surface area contributed by atoms with Crippen LogP contribution in [0.15, 0.2) is 0 Å². The number of nitrogens with one attached hydrogen (secondary N) is 1. The van der Waals surface area contributed by atoms with Crippen LogP contribution < -0.4 is 5.32 Å². The van der Waals surface area contributed by atoms with Crippen LogP contribution in [0.25, 0.3) is 0 Å². The lowest BCUT2D eigenvalue weighted by Gasteiger charge is -2.39. The lowest BCUT2D eigenvalue weighted by atomic mass is 9.69. The fourth-order valence-electron chi connectivity index (χ4n) is 2.72. The predicted octanol–water partition coefficient (Wildman–Crippen LogP) is 3.98. The monoisotopic (exact) mass is 211 g/mol. The Labute approximate surface area is 96.0 Å². The van der Waals surface area contributed by atoms with E-state index in [1.807, 2.05) is 0 Å². The second-order valence-corrected chi connectivity index (χ2v) is 5.84. The van der Waals surface area contributed by atoms with Crippen molar-refractivity contribution >= 4 is 0 Å². The van der Waals surface area contributed by atoms with Gasteiger partial charge in [-0.3, -0.25) is 0 Å². The SMILES string of the molecule is CCCNC1CCC(C(C)(C)CC)CC1. The molecule has 1 saturated carbocycles. The molecule has 0 aromatic carbocycles. The topological polar surface area (TPSA) is 12.0 Å². The molecule has 0 amide bonds. The van der Waals surface area contributed by atoms with Crippen molar-refractivity contribution in [3.8, 4) is 0 Å². The zero-order chi connectivity index (χ0) is 11.3. The van der Waals surface area contributed by atoms with Crippen LogP contribution >= 0.6 is 0 Å². The summed E-state index contributed by atoms with van der Waals surface area (Å²) >= 11 is 0. The maximum absolute atomic E-state index is 3.66. The van der Waals surface area contributed by atoms with Gasteiger partial charge in [0.05, 0.1) is 0 Å². The third kappa shape index (κ3) is 3.79. The molecule has 90 valence electrons. The molecule has 1 aliphatic carbocycles. The minimum absolute atomic E-state index is 0.565. The summed E-state index contributed by atoms with van der Waals surface area (Å²) in [5.41, 5.74) is 0.565. The van der Waals surface area contributed by atoms with Crippen LogP contribution in [0.5, 0.6) is 0 Å². The summed E-state index contributed by atoms with van der Waals surface area (Å²) in [5, 5.41) is 3.66. The summed E-state index contributed by atoms with van der Waals surface area (Å²) in [7, 11) is 0. The summed E-state index contributed by atoms with van der Waals surface area (Å²) in [6.45, 7) is 10.7. The van der Waals surface area contributed by atoms with E-state index >= 15 is 0 Å². The molecule has 0 spiro atoms. The molecule has 1 rings (SSSR count). The molecule has 0 unspecified atom stereocenters. The Morgan fingerprint density at radius 1 is 1.07 bits per heavy atom. The van der Waals surface area contributed by atoms with Gasteiger partial charge in [0.1, 0.15) is 0 Å². The summed E-state index contributed by atoms with van der Waals surface area (Å²) in [5.74, 6) is 0.960. The molecule has 0 aromatic rings. The van der Waals surface area contributed by atoms with Gasteiger partial charge in [-0.25, -0.2) is 0 Å². The molecule has 0 saturated heterocycles. The first-order valence-electron chi connectivity index (χ1n) is 6.83. The normalized spacial score (nSPS) is 28.0. The smallest absolute Gasteiger partial charge is 0.00672 e. The summed E-state index contributed by atoms with van der Waals surface area (Å²) in [4.78, 5) is 0. The zero-order valence-electron chi connectivity index (χ0n) is 11.1. The fraction of sp³-hybridized carbons (Fsp3) is 1.00. The molecule has 0 atom stereocenters. The first kappa shape index (κ1) is 13.0. The van der Waals surface area contributed by atoms with Crippen molar-refractivity contribution in [3.63, 3.8) is 0 Å². The van der Waals surface area contributed by atoms with Crippen molar-refractivity contribution in [2.75, 3.05) is 6.54 Å². The van der Waals surface area contributed by atoms with Crippen molar-refractivity contribution in [2.24, 2.45) is 11.3 Å². The van der Waals surface area contributed by atoms with Crippen molar-refractivity contribution in [1.29, 1.82) is 0 Å². The first-order valence-corrected chi connectivity index (χ1v) is 6.83. The second-order valence-electron chi connectivity index (χ2n) is 5.84. The Bertz CT molecular complexity index is 166. The van der Waals surface area contributed by atoms with Gasteiger partial charge >= 0.3 is 0 Å². The van der Waals surface area contributed by atoms with Crippen molar-refractivity contribution < 1.29 is 0 Å². The van der Waals surface area contributed by atoms with Crippen LogP contribution in [0.2, 0.25) is 0 Å². The van der Waals surface area contributed by atoms with Crippen LogP contribution in [0, 0.1) is 11.3 Å². The van der Waals surface area contributed by atoms with E-state index in [-0.39, 0.29) is 0 Å². The summed E-state index contributed by atoms with van der Waals surface area (Å²) in [6, 6.07) is 0.814. The van der Waals surface area contributed by atoms with E-state index in [2.05, 4.69) is 33.0 Å². The molecule has 0 aromatic heterocycles. The minimum Gasteiger partial charge on any atom is -0.314 e. The lowest BCUT2D eigenvalue weighted by Crippen LogP contribution is -2.37. The largest absolute Gasteiger partial charge is 0.314 e. The van der Waals surface area contributed by atoms with Gasteiger partial charge in [0.25, 0.3) is 0 Å². The molecule has 1 aliphatic rings. The van der Waals surface area contributed by atoms with Gasteiger partial charge in [-0.05, 0) is 50.0 Å². The quantitative estimate of drug-likeness (QED) is 0.725. The molecule has 0 bridgehead atoms. The Kier molecular flexibility index (Phi) is 5.11. The van der Waals surface area contributed by atoms with Crippen LogP contribution in [0.3, 0.4) is 0 Å². The maximum Gasteiger partial charge on any atom is 0.00672 e. The van der Waals surface area contributed by atoms with Crippen LogP contribution in [0.4, 0.5) is 0 Å². The van der Waals surface area contributed by atoms with E-state index in [1.165, 1.54) is 45.1 Å². The summed E-state index contributed by atoms with van der Waals surface area (Å²) in [6.07, 6.45) is 8.25. The number of rotatable bonds is 5. The Morgan fingerprint density at radius 3 is 2.13 bits per heavy atom. The third-order valence-corrected chi connectivity index (χ3v) is 4.43. The predicted molar refractivity (Wildman–Crippen MR) is 68.1 cm³/mol. The molecule has 15 heavy (non-hydrogen) atoms. The molecular weight excluding hydrogens is 182 g/mol. The van der Waals surface area contributed by atoms with Gasteiger partial charge in [0.15, 0.2) is 0 Å². The van der Waals surface area contributed by atoms with Gasteiger partial charge in [-0.2, -0.15) is 0 Å². The maximum atomic E-state index is 3.66. The summed E-state index contributed by atoms with van der Waals surface area (Å²) < 4.78 is 0. The van der Waals surface area contributed by atoms with E-state index < -0.39 is 0 Å². The van der Waals surface area contributed by atoms with Crippen molar-refractivity contribution in [1.82, 2.24) is 5.32 Å². The molecule has 0 aliphatic heterocycles. The lowest BCUT2D eigenvalue weighted by molar-refractivity contribution is 0.137. The van der Waals surface area contributed by atoms with Crippen molar-refractivity contribution in [2.45, 2.75) is 72.3 Å². The highest BCUT2D eigenvalue weighted by molar-refractivity contribution is 4.84. The van der Waals surface area contributed by atoms with E-state index in [0.717, 1.165) is 12.0 Å². The Morgan fingerprint density at radius 2 is 1.67 bits per heavy atom. The van der Waals surface area contributed by atoms with E-state index in [4.69, 9.17) is 0 Å². The molecule has 0 heterocycles. The highest BCUT2D eigenvalue weighted by Gasteiger charge is 2.31. The highest BCUT2D eigenvalue weighted by Crippen LogP contribution is 2.40. The third-order valence-electron chi connectivity index (χ3n) is 4.43. The fourth-order valence-corrected chi connectivity index (χ4v) is 2.72. The molecule has 1 fully saturated rings. The highest BCUT2D eigenvalue weighted by atomic mass is 14.9. The number of hydrogen-bond donors (Lipinski definition) is 1. The molecule has 1 N–H and O–H groups in total. The first-order chi connectivity index (χ1) is 7.10.